The Bertz CT molecular complexity index is 448. The second-order valence-corrected chi connectivity index (χ2v) is 3.06. The molecule has 0 bridgehead atoms. The topological polar surface area (TPSA) is 48.2 Å². The van der Waals surface area contributed by atoms with E-state index in [0.717, 1.165) is 0 Å². The first-order valence-electron chi connectivity index (χ1n) is 4.00. The van der Waals surface area contributed by atoms with Gasteiger partial charge in [0, 0.05) is 0 Å². The summed E-state index contributed by atoms with van der Waals surface area (Å²) in [6.45, 7) is 0. The Labute approximate surface area is 94.1 Å². The van der Waals surface area contributed by atoms with E-state index in [1.165, 1.54) is 24.3 Å². The van der Waals surface area contributed by atoms with Crippen LogP contribution in [-0.2, 0) is 0 Å². The molecular weight excluding hydrogens is 243 g/mol. The smallest absolute Gasteiger partial charge is 0.277 e. The van der Waals surface area contributed by atoms with Crippen molar-refractivity contribution in [2.75, 3.05) is 5.43 Å². The average Bonchev–Trinajstić information content (AvgIpc) is 2.25. The van der Waals surface area contributed by atoms with Gasteiger partial charge in [0.1, 0.15) is 0 Å². The fraction of sp³-hybridized carbons (Fsp3) is 0.111. The normalized spacial score (nSPS) is 12.1. The summed E-state index contributed by atoms with van der Waals surface area (Å²) in [5.41, 5.74) is 2.67. The quantitative estimate of drug-likeness (QED) is 0.645. The van der Waals surface area contributed by atoms with Crippen LogP contribution in [0.25, 0.3) is 0 Å². The number of benzene rings is 1. The number of hydrogen-bond acceptors (Lipinski definition) is 3. The fourth-order valence-electron chi connectivity index (χ4n) is 0.835. The van der Waals surface area contributed by atoms with Crippen molar-refractivity contribution in [3.05, 3.63) is 29.8 Å². The van der Waals surface area contributed by atoms with E-state index in [4.69, 9.17) is 16.9 Å². The van der Waals surface area contributed by atoms with Crippen LogP contribution in [0.5, 0.6) is 0 Å². The van der Waals surface area contributed by atoms with E-state index >= 15 is 0 Å². The van der Waals surface area contributed by atoms with E-state index in [2.05, 4.69) is 10.5 Å². The minimum atomic E-state index is -4.68. The maximum atomic E-state index is 11.9. The number of halogens is 4. The third-order valence-electron chi connectivity index (χ3n) is 1.51. The summed E-state index contributed by atoms with van der Waals surface area (Å²) in [5.74, 6) is 0. The van der Waals surface area contributed by atoms with Gasteiger partial charge in [-0.05, 0) is 18.2 Å². The van der Waals surface area contributed by atoms with E-state index < -0.39 is 11.3 Å². The molecule has 1 aromatic rings. The summed E-state index contributed by atoms with van der Waals surface area (Å²) < 4.78 is 35.8. The highest BCUT2D eigenvalue weighted by atomic mass is 35.5. The first-order valence-corrected chi connectivity index (χ1v) is 4.38. The lowest BCUT2D eigenvalue weighted by atomic mass is 10.2. The van der Waals surface area contributed by atoms with E-state index in [-0.39, 0.29) is 5.69 Å². The van der Waals surface area contributed by atoms with Gasteiger partial charge in [-0.15, -0.1) is 0 Å². The van der Waals surface area contributed by atoms with Gasteiger partial charge in [0.15, 0.2) is 0 Å². The van der Waals surface area contributed by atoms with Gasteiger partial charge < -0.3 is 0 Å². The van der Waals surface area contributed by atoms with Crippen molar-refractivity contribution in [3.8, 4) is 6.07 Å². The molecule has 0 radical (unpaired) electrons. The molecule has 0 atom stereocenters. The first-order chi connectivity index (χ1) is 7.43. The summed E-state index contributed by atoms with van der Waals surface area (Å²) in [6.07, 6.45) is -4.68. The Morgan fingerprint density at radius 1 is 1.44 bits per heavy atom. The van der Waals surface area contributed by atoms with Crippen LogP contribution in [0.1, 0.15) is 5.56 Å². The lowest BCUT2D eigenvalue weighted by Gasteiger charge is -2.04. The van der Waals surface area contributed by atoms with Crippen LogP contribution < -0.4 is 5.43 Å². The van der Waals surface area contributed by atoms with Gasteiger partial charge in [-0.3, -0.25) is 5.43 Å². The molecule has 7 heteroatoms. The van der Waals surface area contributed by atoms with Crippen molar-refractivity contribution in [2.24, 2.45) is 5.10 Å². The van der Waals surface area contributed by atoms with Gasteiger partial charge in [-0.2, -0.15) is 23.5 Å². The molecule has 0 spiro atoms. The molecule has 0 heterocycles. The number of rotatable bonds is 2. The summed E-state index contributed by atoms with van der Waals surface area (Å²) in [7, 11) is 0. The monoisotopic (exact) mass is 247 g/mol. The molecule has 84 valence electrons. The van der Waals surface area contributed by atoms with Crippen molar-refractivity contribution in [1.29, 1.82) is 5.26 Å². The number of hydrazone groups is 1. The maximum Gasteiger partial charge on any atom is 0.446 e. The summed E-state index contributed by atoms with van der Waals surface area (Å²) in [5, 5.41) is 9.98. The van der Waals surface area contributed by atoms with Crippen LogP contribution in [-0.4, -0.2) is 11.3 Å². The van der Waals surface area contributed by atoms with Crippen LogP contribution >= 0.6 is 11.6 Å². The van der Waals surface area contributed by atoms with E-state index in [0.29, 0.717) is 5.56 Å². The third kappa shape index (κ3) is 3.44. The second kappa shape index (κ2) is 4.86. The number of alkyl halides is 3. The van der Waals surface area contributed by atoms with Crippen LogP contribution in [0.15, 0.2) is 29.4 Å². The summed E-state index contributed by atoms with van der Waals surface area (Å²) in [4.78, 5) is 0. The first kappa shape index (κ1) is 12.3. The number of nitrogens with zero attached hydrogens (tertiary/aromatic N) is 2. The highest BCUT2D eigenvalue weighted by molar-refractivity contribution is 6.66. The van der Waals surface area contributed by atoms with Gasteiger partial charge in [0.05, 0.1) is 17.3 Å². The highest BCUT2D eigenvalue weighted by Crippen LogP contribution is 2.20. The minimum absolute atomic E-state index is 0.251. The van der Waals surface area contributed by atoms with Gasteiger partial charge in [-0.25, -0.2) is 0 Å². The van der Waals surface area contributed by atoms with Crippen molar-refractivity contribution in [3.63, 3.8) is 0 Å². The van der Waals surface area contributed by atoms with Crippen LogP contribution in [0, 0.1) is 11.3 Å². The Morgan fingerprint density at radius 2 is 2.12 bits per heavy atom. The Balaban J connectivity index is 2.79. The van der Waals surface area contributed by atoms with Gasteiger partial charge in [-0.1, -0.05) is 17.7 Å². The van der Waals surface area contributed by atoms with Gasteiger partial charge in [0.2, 0.25) is 5.17 Å². The molecule has 0 aromatic heterocycles. The number of nitrogens with one attached hydrogen (secondary N) is 1. The second-order valence-electron chi connectivity index (χ2n) is 2.70. The maximum absolute atomic E-state index is 11.9. The number of nitriles is 1. The zero-order valence-electron chi connectivity index (χ0n) is 7.72. The molecule has 0 fully saturated rings. The molecule has 1 aromatic carbocycles. The SMILES string of the molecule is N#Cc1cccc(N/N=C(\Cl)C(F)(F)F)c1. The predicted octanol–water partition coefficient (Wildman–Crippen LogP) is 3.08. The molecule has 0 saturated carbocycles. The van der Waals surface area contributed by atoms with Crippen LogP contribution in [0.3, 0.4) is 0 Å². The molecule has 0 aliphatic rings. The molecule has 1 N–H and O–H groups in total. The Hall–Kier alpha value is -1.74. The van der Waals surface area contributed by atoms with Crippen molar-refractivity contribution in [2.45, 2.75) is 6.18 Å². The van der Waals surface area contributed by atoms with Crippen LogP contribution in [0.4, 0.5) is 18.9 Å². The average molecular weight is 248 g/mol. The summed E-state index contributed by atoms with van der Waals surface area (Å²) in [6, 6.07) is 7.68. The van der Waals surface area contributed by atoms with E-state index in [1.807, 2.05) is 6.07 Å². The molecule has 0 aliphatic heterocycles. The number of anilines is 1. The number of hydrogen-bond donors (Lipinski definition) is 1. The Morgan fingerprint density at radius 3 is 2.69 bits per heavy atom. The lowest BCUT2D eigenvalue weighted by molar-refractivity contribution is -0.0559. The van der Waals surface area contributed by atoms with Crippen LogP contribution in [0.2, 0.25) is 0 Å². The third-order valence-corrected chi connectivity index (χ3v) is 1.81. The zero-order valence-corrected chi connectivity index (χ0v) is 8.47. The zero-order chi connectivity index (χ0) is 12.2. The molecule has 0 saturated heterocycles. The van der Waals surface area contributed by atoms with Gasteiger partial charge >= 0.3 is 6.18 Å². The standard InChI is InChI=1S/C9H5ClF3N3/c10-8(9(11,12)13)16-15-7-3-1-2-6(4-7)5-14/h1-4,15H/b16-8-. The molecule has 0 aliphatic carbocycles. The Kier molecular flexibility index (Phi) is 3.74. The molecule has 1 rings (SSSR count). The highest BCUT2D eigenvalue weighted by Gasteiger charge is 2.34. The van der Waals surface area contributed by atoms with Crippen molar-refractivity contribution in [1.82, 2.24) is 0 Å². The molecule has 16 heavy (non-hydrogen) atoms. The predicted molar refractivity (Wildman–Crippen MR) is 54.1 cm³/mol. The van der Waals surface area contributed by atoms with Crippen molar-refractivity contribution >= 4 is 22.5 Å². The lowest BCUT2D eigenvalue weighted by Crippen LogP contribution is -2.18. The molecule has 0 amide bonds. The van der Waals surface area contributed by atoms with Gasteiger partial charge in [0.25, 0.3) is 0 Å². The van der Waals surface area contributed by atoms with E-state index in [9.17, 15) is 13.2 Å². The molecule has 0 unspecified atom stereocenters. The molecule has 3 nitrogen and oxygen atoms in total. The van der Waals surface area contributed by atoms with Crippen molar-refractivity contribution < 1.29 is 13.2 Å². The minimum Gasteiger partial charge on any atom is -0.277 e. The fourth-order valence-corrected chi connectivity index (χ4v) is 0.878. The largest absolute Gasteiger partial charge is 0.446 e. The molecular formula is C9H5ClF3N3. The summed E-state index contributed by atoms with van der Waals surface area (Å²) >= 11 is 4.88. The van der Waals surface area contributed by atoms with E-state index in [1.54, 1.807) is 0 Å².